The van der Waals surface area contributed by atoms with Crippen molar-refractivity contribution in [2.75, 3.05) is 26.7 Å². The van der Waals surface area contributed by atoms with Crippen molar-refractivity contribution in [1.29, 1.82) is 0 Å². The number of aliphatic hydroxyl groups excluding tert-OH is 1. The minimum atomic E-state index is -0.534. The van der Waals surface area contributed by atoms with Gasteiger partial charge in [-0.05, 0) is 42.8 Å². The summed E-state index contributed by atoms with van der Waals surface area (Å²) in [6, 6.07) is 16.8. The molecule has 2 aromatic carbocycles. The van der Waals surface area contributed by atoms with Gasteiger partial charge in [0.25, 0.3) is 11.8 Å². The summed E-state index contributed by atoms with van der Waals surface area (Å²) in [4.78, 5) is 24.8. The molecule has 0 bridgehead atoms. The molecule has 0 atom stereocenters. The van der Waals surface area contributed by atoms with Crippen LogP contribution in [0.5, 0.6) is 17.2 Å². The SMILES string of the molecule is CN1CC(C(=O)NCCCOc2ccc(Oc3ccccc3)cc2)=C(O)C1=O. The van der Waals surface area contributed by atoms with Crippen molar-refractivity contribution in [1.82, 2.24) is 10.2 Å². The summed E-state index contributed by atoms with van der Waals surface area (Å²) in [6.45, 7) is 0.913. The van der Waals surface area contributed by atoms with Crippen LogP contribution in [0.4, 0.5) is 0 Å². The summed E-state index contributed by atoms with van der Waals surface area (Å²) in [7, 11) is 1.53. The van der Waals surface area contributed by atoms with Crippen LogP contribution < -0.4 is 14.8 Å². The molecule has 2 aromatic rings. The van der Waals surface area contributed by atoms with Crippen LogP contribution in [-0.2, 0) is 9.59 Å². The Morgan fingerprint density at radius 3 is 2.36 bits per heavy atom. The molecule has 7 heteroatoms. The zero-order valence-corrected chi connectivity index (χ0v) is 15.6. The van der Waals surface area contributed by atoms with E-state index in [1.54, 1.807) is 0 Å². The third-order valence-electron chi connectivity index (χ3n) is 4.18. The Labute approximate surface area is 163 Å². The molecule has 3 rings (SSSR count). The second kappa shape index (κ2) is 8.94. The fraction of sp³-hybridized carbons (Fsp3) is 0.238. The molecule has 1 heterocycles. The third-order valence-corrected chi connectivity index (χ3v) is 4.18. The van der Waals surface area contributed by atoms with Gasteiger partial charge in [0.05, 0.1) is 18.7 Å². The van der Waals surface area contributed by atoms with E-state index in [9.17, 15) is 14.7 Å². The van der Waals surface area contributed by atoms with Crippen LogP contribution in [0.25, 0.3) is 0 Å². The molecule has 146 valence electrons. The Kier molecular flexibility index (Phi) is 6.16. The van der Waals surface area contributed by atoms with E-state index < -0.39 is 17.6 Å². The number of amides is 2. The number of ether oxygens (including phenoxy) is 2. The maximum Gasteiger partial charge on any atom is 0.289 e. The van der Waals surface area contributed by atoms with Gasteiger partial charge < -0.3 is 24.8 Å². The van der Waals surface area contributed by atoms with E-state index in [4.69, 9.17) is 9.47 Å². The number of para-hydroxylation sites is 1. The van der Waals surface area contributed by atoms with E-state index in [0.29, 0.717) is 25.3 Å². The van der Waals surface area contributed by atoms with Crippen molar-refractivity contribution in [2.24, 2.45) is 0 Å². The Hall–Kier alpha value is -3.48. The fourth-order valence-electron chi connectivity index (χ4n) is 2.67. The second-order valence-corrected chi connectivity index (χ2v) is 6.33. The molecule has 0 radical (unpaired) electrons. The van der Waals surface area contributed by atoms with Gasteiger partial charge in [-0.1, -0.05) is 18.2 Å². The number of benzene rings is 2. The highest BCUT2D eigenvalue weighted by Crippen LogP contribution is 2.23. The molecule has 0 aromatic heterocycles. The van der Waals surface area contributed by atoms with Gasteiger partial charge in [-0.25, -0.2) is 0 Å². The van der Waals surface area contributed by atoms with Crippen LogP contribution in [0.1, 0.15) is 6.42 Å². The Morgan fingerprint density at radius 1 is 1.07 bits per heavy atom. The lowest BCUT2D eigenvalue weighted by atomic mass is 10.2. The first-order valence-electron chi connectivity index (χ1n) is 8.96. The number of likely N-dealkylation sites (N-methyl/N-ethyl adjacent to an activating group) is 1. The summed E-state index contributed by atoms with van der Waals surface area (Å²) in [5.74, 6) is 0.744. The highest BCUT2D eigenvalue weighted by atomic mass is 16.5. The van der Waals surface area contributed by atoms with Crippen LogP contribution in [-0.4, -0.2) is 48.6 Å². The Bertz CT molecular complexity index is 862. The van der Waals surface area contributed by atoms with E-state index >= 15 is 0 Å². The van der Waals surface area contributed by atoms with Gasteiger partial charge in [-0.15, -0.1) is 0 Å². The molecule has 0 spiro atoms. The summed E-state index contributed by atoms with van der Waals surface area (Å²) in [6.07, 6.45) is 0.589. The third kappa shape index (κ3) is 4.82. The molecular formula is C21H22N2O5. The molecule has 0 fully saturated rings. The fourth-order valence-corrected chi connectivity index (χ4v) is 2.67. The number of carbonyl (C=O) groups is 2. The van der Waals surface area contributed by atoms with E-state index in [-0.39, 0.29) is 12.1 Å². The van der Waals surface area contributed by atoms with Gasteiger partial charge in [-0.2, -0.15) is 0 Å². The second-order valence-electron chi connectivity index (χ2n) is 6.33. The summed E-state index contributed by atoms with van der Waals surface area (Å²) < 4.78 is 11.4. The lowest BCUT2D eigenvalue weighted by molar-refractivity contribution is -0.126. The summed E-state index contributed by atoms with van der Waals surface area (Å²) >= 11 is 0. The van der Waals surface area contributed by atoms with E-state index in [1.807, 2.05) is 54.6 Å². The lowest BCUT2D eigenvalue weighted by Gasteiger charge is -2.10. The highest BCUT2D eigenvalue weighted by molar-refractivity contribution is 6.06. The molecule has 7 nitrogen and oxygen atoms in total. The van der Waals surface area contributed by atoms with Crippen molar-refractivity contribution in [3.05, 3.63) is 65.9 Å². The maximum absolute atomic E-state index is 12.0. The van der Waals surface area contributed by atoms with Crippen LogP contribution in [0, 0.1) is 0 Å². The van der Waals surface area contributed by atoms with Gasteiger partial charge in [0.15, 0.2) is 5.76 Å². The van der Waals surface area contributed by atoms with E-state index in [0.717, 1.165) is 11.5 Å². The molecule has 0 saturated heterocycles. The van der Waals surface area contributed by atoms with E-state index in [1.165, 1.54) is 11.9 Å². The van der Waals surface area contributed by atoms with Gasteiger partial charge >= 0.3 is 0 Å². The van der Waals surface area contributed by atoms with Crippen LogP contribution in [0.3, 0.4) is 0 Å². The monoisotopic (exact) mass is 382 g/mol. The first-order chi connectivity index (χ1) is 13.5. The molecular weight excluding hydrogens is 360 g/mol. The molecule has 2 N–H and O–H groups in total. The van der Waals surface area contributed by atoms with Gasteiger partial charge in [0.2, 0.25) is 0 Å². The highest BCUT2D eigenvalue weighted by Gasteiger charge is 2.31. The molecule has 0 aliphatic carbocycles. The van der Waals surface area contributed by atoms with Gasteiger partial charge in [0.1, 0.15) is 17.2 Å². The zero-order chi connectivity index (χ0) is 19.9. The van der Waals surface area contributed by atoms with Crippen molar-refractivity contribution in [3.8, 4) is 17.2 Å². The first kappa shape index (κ1) is 19.3. The van der Waals surface area contributed by atoms with Gasteiger partial charge in [-0.3, -0.25) is 9.59 Å². The molecule has 1 aliphatic rings. The van der Waals surface area contributed by atoms with Crippen LogP contribution in [0.2, 0.25) is 0 Å². The van der Waals surface area contributed by atoms with Crippen molar-refractivity contribution in [2.45, 2.75) is 6.42 Å². The Morgan fingerprint density at radius 2 is 1.71 bits per heavy atom. The Balaban J connectivity index is 1.37. The number of carbonyl (C=O) groups excluding carboxylic acids is 2. The van der Waals surface area contributed by atoms with E-state index in [2.05, 4.69) is 5.32 Å². The van der Waals surface area contributed by atoms with Gasteiger partial charge in [0, 0.05) is 13.6 Å². The normalized spacial score (nSPS) is 13.6. The molecule has 0 saturated carbocycles. The van der Waals surface area contributed by atoms with Crippen molar-refractivity contribution < 1.29 is 24.2 Å². The lowest BCUT2D eigenvalue weighted by Crippen LogP contribution is -2.29. The van der Waals surface area contributed by atoms with Crippen molar-refractivity contribution in [3.63, 3.8) is 0 Å². The number of nitrogens with zero attached hydrogens (tertiary/aromatic N) is 1. The summed E-state index contributed by atoms with van der Waals surface area (Å²) in [5.41, 5.74) is 0.0995. The molecule has 1 aliphatic heterocycles. The predicted molar refractivity (Wildman–Crippen MR) is 103 cm³/mol. The van der Waals surface area contributed by atoms with Crippen LogP contribution in [0.15, 0.2) is 65.9 Å². The topological polar surface area (TPSA) is 88.1 Å². The minimum Gasteiger partial charge on any atom is -0.503 e. The smallest absolute Gasteiger partial charge is 0.289 e. The first-order valence-corrected chi connectivity index (χ1v) is 8.96. The predicted octanol–water partition coefficient (Wildman–Crippen LogP) is 2.65. The molecule has 28 heavy (non-hydrogen) atoms. The number of rotatable bonds is 8. The average Bonchev–Trinajstić information content (AvgIpc) is 2.97. The maximum atomic E-state index is 12.0. The van der Waals surface area contributed by atoms with Crippen LogP contribution >= 0.6 is 0 Å². The standard InChI is InChI=1S/C21H22N2O5/c1-23-14-18(19(24)21(23)26)20(25)22-12-5-13-27-15-8-10-17(11-9-15)28-16-6-3-2-4-7-16/h2-4,6-11,24H,5,12-14H2,1H3,(H,22,25). The molecule has 2 amide bonds. The summed E-state index contributed by atoms with van der Waals surface area (Å²) in [5, 5.41) is 12.3. The quantitative estimate of drug-likeness (QED) is 0.686. The number of hydrogen-bond acceptors (Lipinski definition) is 5. The molecule has 0 unspecified atom stereocenters. The zero-order valence-electron chi connectivity index (χ0n) is 15.6. The number of nitrogens with one attached hydrogen (secondary N) is 1. The largest absolute Gasteiger partial charge is 0.503 e. The average molecular weight is 382 g/mol. The minimum absolute atomic E-state index is 0.0995. The number of hydrogen-bond donors (Lipinski definition) is 2. The number of aliphatic hydroxyl groups is 1. The van der Waals surface area contributed by atoms with Crippen molar-refractivity contribution >= 4 is 11.8 Å².